The maximum Gasteiger partial charge on any atom is 0.573 e. The molecule has 3 aromatic rings. The number of amides is 1. The van der Waals surface area contributed by atoms with Crippen LogP contribution in [0.1, 0.15) is 22.7 Å². The van der Waals surface area contributed by atoms with Gasteiger partial charge in [0.1, 0.15) is 12.4 Å². The number of pyridine rings is 1. The number of carbonyl (C=O) groups is 1. The van der Waals surface area contributed by atoms with Crippen LogP contribution in [0.15, 0.2) is 67.0 Å². The summed E-state index contributed by atoms with van der Waals surface area (Å²) in [5.41, 5.74) is 4.34. The van der Waals surface area contributed by atoms with E-state index in [0.717, 1.165) is 22.3 Å². The topological polar surface area (TPSA) is 51.7 Å². The Morgan fingerprint density at radius 2 is 1.78 bits per heavy atom. The summed E-state index contributed by atoms with van der Waals surface area (Å²) in [5.74, 6) is -0.401. The van der Waals surface area contributed by atoms with Gasteiger partial charge < -0.3 is 14.4 Å². The summed E-state index contributed by atoms with van der Waals surface area (Å²) >= 11 is 0. The van der Waals surface area contributed by atoms with Crippen LogP contribution in [-0.2, 0) is 16.1 Å². The Hall–Kier alpha value is -3.39. The van der Waals surface area contributed by atoms with Gasteiger partial charge >= 0.3 is 6.36 Å². The number of aromatic nitrogens is 1. The number of nitrogens with zero attached hydrogens (tertiary/aromatic N) is 2. The lowest BCUT2D eigenvalue weighted by Crippen LogP contribution is -2.43. The van der Waals surface area contributed by atoms with Crippen molar-refractivity contribution in [3.05, 3.63) is 83.7 Å². The van der Waals surface area contributed by atoms with Crippen molar-refractivity contribution < 1.29 is 27.4 Å². The minimum atomic E-state index is -4.74. The molecule has 0 saturated carbocycles. The summed E-state index contributed by atoms with van der Waals surface area (Å²) in [6.07, 6.45) is -1.43. The molecule has 2 aromatic carbocycles. The van der Waals surface area contributed by atoms with Gasteiger partial charge in [-0.15, -0.1) is 13.2 Å². The largest absolute Gasteiger partial charge is 0.573 e. The number of morpholine rings is 1. The molecular weight excluding hydrogens is 421 g/mol. The quantitative estimate of drug-likeness (QED) is 0.555. The SMILES string of the molecule is Cc1ccc(CN2C(=O)COCC2c2cncc(-c3ccc(OC(F)(F)F)cc3)c2)cc1. The molecule has 0 radical (unpaired) electrons. The molecule has 1 amide bonds. The monoisotopic (exact) mass is 442 g/mol. The summed E-state index contributed by atoms with van der Waals surface area (Å²) in [6, 6.07) is 15.1. The molecule has 0 spiro atoms. The highest BCUT2D eigenvalue weighted by Crippen LogP contribution is 2.31. The minimum absolute atomic E-state index is 0.0240. The van der Waals surface area contributed by atoms with E-state index in [4.69, 9.17) is 4.74 Å². The van der Waals surface area contributed by atoms with Crippen LogP contribution in [0.4, 0.5) is 13.2 Å². The van der Waals surface area contributed by atoms with E-state index in [1.54, 1.807) is 17.3 Å². The number of ether oxygens (including phenoxy) is 2. The molecule has 1 saturated heterocycles. The Kier molecular flexibility index (Phi) is 6.14. The fraction of sp³-hybridized carbons (Fsp3) is 0.250. The van der Waals surface area contributed by atoms with Gasteiger partial charge in [-0.1, -0.05) is 42.0 Å². The molecule has 4 rings (SSSR count). The van der Waals surface area contributed by atoms with Crippen molar-refractivity contribution in [1.82, 2.24) is 9.88 Å². The molecule has 0 bridgehead atoms. The van der Waals surface area contributed by atoms with Gasteiger partial charge in [0, 0.05) is 24.5 Å². The van der Waals surface area contributed by atoms with Gasteiger partial charge in [-0.25, -0.2) is 0 Å². The van der Waals surface area contributed by atoms with Gasteiger partial charge in [0.15, 0.2) is 0 Å². The fourth-order valence-corrected chi connectivity index (χ4v) is 3.62. The molecule has 1 aromatic heterocycles. The van der Waals surface area contributed by atoms with Crippen molar-refractivity contribution in [2.45, 2.75) is 25.9 Å². The molecule has 1 atom stereocenters. The number of aryl methyl sites for hydroxylation is 1. The smallest absolute Gasteiger partial charge is 0.406 e. The normalized spacial score (nSPS) is 16.8. The Morgan fingerprint density at radius 1 is 1.06 bits per heavy atom. The van der Waals surface area contributed by atoms with E-state index in [1.165, 1.54) is 24.3 Å². The molecule has 8 heteroatoms. The minimum Gasteiger partial charge on any atom is -0.406 e. The number of hydrogen-bond acceptors (Lipinski definition) is 4. The van der Waals surface area contributed by atoms with Crippen LogP contribution in [0, 0.1) is 6.92 Å². The standard InChI is InChI=1S/C24H21F3N2O3/c1-16-2-4-17(5-3-16)13-29-22(14-31-15-23(29)30)20-10-19(11-28-12-20)18-6-8-21(9-7-18)32-24(25,26)27/h2-12,22H,13-15H2,1H3. The Labute approximate surface area is 183 Å². The van der Waals surface area contributed by atoms with Crippen LogP contribution in [-0.4, -0.2) is 35.4 Å². The highest BCUT2D eigenvalue weighted by molar-refractivity contribution is 5.78. The van der Waals surface area contributed by atoms with Crippen LogP contribution >= 0.6 is 0 Å². The van der Waals surface area contributed by atoms with Crippen molar-refractivity contribution in [2.75, 3.05) is 13.2 Å². The molecule has 0 aliphatic carbocycles. The molecule has 1 unspecified atom stereocenters. The zero-order valence-corrected chi connectivity index (χ0v) is 17.3. The van der Waals surface area contributed by atoms with E-state index in [-0.39, 0.29) is 24.3 Å². The third-order valence-corrected chi connectivity index (χ3v) is 5.24. The third kappa shape index (κ3) is 5.26. The molecular formula is C24H21F3N2O3. The Bertz CT molecular complexity index is 1080. The molecule has 0 N–H and O–H groups in total. The highest BCUT2D eigenvalue weighted by atomic mass is 19.4. The number of carbonyl (C=O) groups excluding carboxylic acids is 1. The summed E-state index contributed by atoms with van der Waals surface area (Å²) < 4.78 is 46.6. The predicted molar refractivity (Wildman–Crippen MR) is 112 cm³/mol. The van der Waals surface area contributed by atoms with Crippen LogP contribution in [0.25, 0.3) is 11.1 Å². The van der Waals surface area contributed by atoms with Crippen molar-refractivity contribution in [1.29, 1.82) is 0 Å². The highest BCUT2D eigenvalue weighted by Gasteiger charge is 2.32. The maximum absolute atomic E-state index is 12.6. The van der Waals surface area contributed by atoms with Gasteiger partial charge in [0.2, 0.25) is 5.91 Å². The maximum atomic E-state index is 12.6. The Balaban J connectivity index is 1.57. The van der Waals surface area contributed by atoms with Crippen LogP contribution in [0.3, 0.4) is 0 Å². The number of hydrogen-bond donors (Lipinski definition) is 0. The molecule has 2 heterocycles. The first-order valence-electron chi connectivity index (χ1n) is 10.0. The second kappa shape index (κ2) is 9.00. The molecule has 1 aliphatic heterocycles. The summed E-state index contributed by atoms with van der Waals surface area (Å²) in [6.45, 7) is 2.81. The van der Waals surface area contributed by atoms with Crippen molar-refractivity contribution >= 4 is 5.91 Å². The first-order chi connectivity index (χ1) is 15.3. The van der Waals surface area contributed by atoms with E-state index < -0.39 is 6.36 Å². The van der Waals surface area contributed by atoms with E-state index in [2.05, 4.69) is 9.72 Å². The lowest BCUT2D eigenvalue weighted by Gasteiger charge is -2.36. The second-order valence-corrected chi connectivity index (χ2v) is 7.62. The summed E-state index contributed by atoms with van der Waals surface area (Å²) in [5, 5.41) is 0. The summed E-state index contributed by atoms with van der Waals surface area (Å²) in [7, 11) is 0. The number of alkyl halides is 3. The zero-order chi connectivity index (χ0) is 22.7. The summed E-state index contributed by atoms with van der Waals surface area (Å²) in [4.78, 5) is 18.7. The number of halogens is 3. The van der Waals surface area contributed by atoms with Crippen molar-refractivity contribution in [3.8, 4) is 16.9 Å². The first kappa shape index (κ1) is 21.8. The predicted octanol–water partition coefficient (Wildman–Crippen LogP) is 5.06. The number of rotatable bonds is 5. The first-order valence-corrected chi connectivity index (χ1v) is 10.0. The molecule has 166 valence electrons. The van der Waals surface area contributed by atoms with Crippen LogP contribution < -0.4 is 4.74 Å². The van der Waals surface area contributed by atoms with E-state index in [9.17, 15) is 18.0 Å². The van der Waals surface area contributed by atoms with Crippen LogP contribution in [0.2, 0.25) is 0 Å². The van der Waals surface area contributed by atoms with E-state index in [0.29, 0.717) is 18.7 Å². The molecule has 5 nitrogen and oxygen atoms in total. The van der Waals surface area contributed by atoms with Gasteiger partial charge in [0.05, 0.1) is 12.6 Å². The van der Waals surface area contributed by atoms with Crippen molar-refractivity contribution in [2.24, 2.45) is 0 Å². The Morgan fingerprint density at radius 3 is 2.47 bits per heavy atom. The van der Waals surface area contributed by atoms with Gasteiger partial charge in [-0.2, -0.15) is 0 Å². The van der Waals surface area contributed by atoms with E-state index >= 15 is 0 Å². The average Bonchev–Trinajstić information content (AvgIpc) is 2.76. The van der Waals surface area contributed by atoms with Gasteiger partial charge in [-0.3, -0.25) is 9.78 Å². The van der Waals surface area contributed by atoms with Crippen LogP contribution in [0.5, 0.6) is 5.75 Å². The second-order valence-electron chi connectivity index (χ2n) is 7.62. The number of benzene rings is 2. The third-order valence-electron chi connectivity index (χ3n) is 5.24. The fourth-order valence-electron chi connectivity index (χ4n) is 3.62. The molecule has 1 aliphatic rings. The van der Waals surface area contributed by atoms with Crippen molar-refractivity contribution in [3.63, 3.8) is 0 Å². The average molecular weight is 442 g/mol. The zero-order valence-electron chi connectivity index (χ0n) is 17.3. The lowest BCUT2D eigenvalue weighted by atomic mass is 10.0. The molecule has 32 heavy (non-hydrogen) atoms. The lowest BCUT2D eigenvalue weighted by molar-refractivity contribution is -0.274. The molecule has 1 fully saturated rings. The van der Waals surface area contributed by atoms with Gasteiger partial charge in [-0.05, 0) is 41.8 Å². The van der Waals surface area contributed by atoms with E-state index in [1.807, 2.05) is 37.3 Å². The van der Waals surface area contributed by atoms with Gasteiger partial charge in [0.25, 0.3) is 0 Å².